The molecule has 0 aliphatic carbocycles. The molecule has 3 aromatic rings. The number of hydrogen-bond donors (Lipinski definition) is 0. The van der Waals surface area contributed by atoms with E-state index in [0.717, 1.165) is 37.3 Å². The molecular formula is C24H24FN3O2S. The predicted octanol–water partition coefficient (Wildman–Crippen LogP) is 3.78. The highest BCUT2D eigenvalue weighted by Crippen LogP contribution is 2.18. The quantitative estimate of drug-likeness (QED) is 0.450. The van der Waals surface area contributed by atoms with Gasteiger partial charge in [0, 0.05) is 38.3 Å². The van der Waals surface area contributed by atoms with Crippen molar-refractivity contribution >= 4 is 15.9 Å². The van der Waals surface area contributed by atoms with Crippen molar-refractivity contribution in [1.29, 1.82) is 0 Å². The number of rotatable bonds is 5. The normalized spacial score (nSPS) is 15.8. The Morgan fingerprint density at radius 1 is 0.806 bits per heavy atom. The first kappa shape index (κ1) is 21.2. The Labute approximate surface area is 182 Å². The molecule has 0 saturated carbocycles. The van der Waals surface area contributed by atoms with Gasteiger partial charge in [-0.3, -0.25) is 4.90 Å². The molecule has 0 aromatic heterocycles. The van der Waals surface area contributed by atoms with Crippen molar-refractivity contribution in [2.75, 3.05) is 26.2 Å². The highest BCUT2D eigenvalue weighted by atomic mass is 32.2. The summed E-state index contributed by atoms with van der Waals surface area (Å²) in [6.07, 6.45) is 0. The molecule has 0 spiro atoms. The lowest BCUT2D eigenvalue weighted by Gasteiger charge is -2.36. The van der Waals surface area contributed by atoms with Crippen LogP contribution < -0.4 is 0 Å². The number of sulfonamides is 1. The molecule has 5 nitrogen and oxygen atoms in total. The maximum atomic E-state index is 13.2. The van der Waals surface area contributed by atoms with Crippen LogP contribution in [0.25, 0.3) is 0 Å². The number of piperazine rings is 1. The monoisotopic (exact) mass is 437 g/mol. The number of hydrogen-bond acceptors (Lipinski definition) is 3. The van der Waals surface area contributed by atoms with E-state index in [4.69, 9.17) is 0 Å². The topological polar surface area (TPSA) is 53.0 Å². The molecule has 160 valence electrons. The van der Waals surface area contributed by atoms with E-state index in [2.05, 4.69) is 21.4 Å². The summed E-state index contributed by atoms with van der Waals surface area (Å²) in [5.41, 5.74) is 2.00. The van der Waals surface area contributed by atoms with E-state index < -0.39 is 15.8 Å². The molecule has 1 heterocycles. The Bertz CT molecular complexity index is 1130. The predicted molar refractivity (Wildman–Crippen MR) is 120 cm³/mol. The fourth-order valence-corrected chi connectivity index (χ4v) is 4.65. The van der Waals surface area contributed by atoms with Crippen LogP contribution in [0.1, 0.15) is 11.1 Å². The van der Waals surface area contributed by atoms with Crippen molar-refractivity contribution in [3.8, 4) is 0 Å². The number of nitrogens with zero attached hydrogens (tertiary/aromatic N) is 3. The van der Waals surface area contributed by atoms with E-state index in [0.29, 0.717) is 18.9 Å². The van der Waals surface area contributed by atoms with Gasteiger partial charge in [-0.2, -0.15) is 8.42 Å². The maximum Gasteiger partial charge on any atom is 0.284 e. The van der Waals surface area contributed by atoms with Crippen molar-refractivity contribution in [3.05, 3.63) is 102 Å². The third kappa shape index (κ3) is 5.37. The molecule has 1 saturated heterocycles. The average molecular weight is 438 g/mol. The molecule has 1 aliphatic rings. The molecule has 0 unspecified atom stereocenters. The van der Waals surface area contributed by atoms with Crippen LogP contribution in [0.5, 0.6) is 0 Å². The van der Waals surface area contributed by atoms with E-state index in [9.17, 15) is 12.8 Å². The summed E-state index contributed by atoms with van der Waals surface area (Å²) < 4.78 is 43.3. The van der Waals surface area contributed by atoms with Crippen LogP contribution in [0.4, 0.5) is 4.39 Å². The van der Waals surface area contributed by atoms with Gasteiger partial charge in [-0.25, -0.2) is 4.39 Å². The minimum Gasteiger partial charge on any atom is -0.353 e. The van der Waals surface area contributed by atoms with Crippen LogP contribution >= 0.6 is 0 Å². The lowest BCUT2D eigenvalue weighted by Crippen LogP contribution is -2.48. The van der Waals surface area contributed by atoms with Gasteiger partial charge < -0.3 is 4.90 Å². The number of halogens is 1. The van der Waals surface area contributed by atoms with Gasteiger partial charge in [0.25, 0.3) is 10.0 Å². The van der Waals surface area contributed by atoms with Crippen molar-refractivity contribution in [2.45, 2.75) is 11.4 Å². The van der Waals surface area contributed by atoms with Crippen LogP contribution in [0, 0.1) is 5.82 Å². The molecule has 0 atom stereocenters. The third-order valence-corrected chi connectivity index (χ3v) is 6.55. The lowest BCUT2D eigenvalue weighted by molar-refractivity contribution is 0.176. The van der Waals surface area contributed by atoms with Gasteiger partial charge >= 0.3 is 0 Å². The van der Waals surface area contributed by atoms with Gasteiger partial charge in [-0.15, -0.1) is 4.40 Å². The lowest BCUT2D eigenvalue weighted by atomic mass is 10.1. The first-order valence-corrected chi connectivity index (χ1v) is 11.6. The first-order valence-electron chi connectivity index (χ1n) is 10.2. The van der Waals surface area contributed by atoms with E-state index in [1.54, 1.807) is 0 Å². The Hall–Kier alpha value is -3.03. The summed E-state index contributed by atoms with van der Waals surface area (Å²) >= 11 is 0. The molecule has 4 rings (SSSR count). The maximum absolute atomic E-state index is 13.2. The van der Waals surface area contributed by atoms with Crippen LogP contribution in [-0.2, 0) is 16.6 Å². The van der Waals surface area contributed by atoms with Crippen LogP contribution in [-0.4, -0.2) is 50.2 Å². The van der Waals surface area contributed by atoms with Crippen molar-refractivity contribution in [3.63, 3.8) is 0 Å². The zero-order valence-corrected chi connectivity index (χ0v) is 17.9. The molecule has 0 amide bonds. The summed E-state index contributed by atoms with van der Waals surface area (Å²) in [6.45, 7) is 3.80. The molecule has 7 heteroatoms. The fourth-order valence-electron chi connectivity index (χ4n) is 3.61. The number of benzene rings is 3. The van der Waals surface area contributed by atoms with Crippen molar-refractivity contribution in [2.24, 2.45) is 4.40 Å². The highest BCUT2D eigenvalue weighted by Gasteiger charge is 2.24. The fraction of sp³-hybridized carbons (Fsp3) is 0.208. The summed E-state index contributed by atoms with van der Waals surface area (Å²) in [5, 5.41) is 0. The molecule has 0 radical (unpaired) electrons. The summed E-state index contributed by atoms with van der Waals surface area (Å²) in [6, 6.07) is 24.4. The zero-order valence-electron chi connectivity index (χ0n) is 17.1. The molecule has 1 aliphatic heterocycles. The average Bonchev–Trinajstić information content (AvgIpc) is 2.80. The molecule has 31 heavy (non-hydrogen) atoms. The molecule has 1 fully saturated rings. The third-order valence-electron chi connectivity index (χ3n) is 5.27. The Balaban J connectivity index is 1.57. The van der Waals surface area contributed by atoms with Crippen LogP contribution in [0.15, 0.2) is 94.2 Å². The van der Waals surface area contributed by atoms with E-state index in [1.807, 2.05) is 53.4 Å². The SMILES string of the molecule is O=S(=O)(/N=C(/c1ccccc1)N1CCN(Cc2ccccc2)CC1)c1ccc(F)cc1. The van der Waals surface area contributed by atoms with Gasteiger partial charge in [-0.1, -0.05) is 60.7 Å². The molecule has 3 aromatic carbocycles. The zero-order chi connectivity index (χ0) is 21.7. The Morgan fingerprint density at radius 3 is 2.00 bits per heavy atom. The Kier molecular flexibility index (Phi) is 6.44. The van der Waals surface area contributed by atoms with E-state index in [-0.39, 0.29) is 4.90 Å². The summed E-state index contributed by atoms with van der Waals surface area (Å²) in [4.78, 5) is 4.34. The highest BCUT2D eigenvalue weighted by molar-refractivity contribution is 7.90. The van der Waals surface area contributed by atoms with Gasteiger partial charge in [0.1, 0.15) is 11.7 Å². The number of amidine groups is 1. The molecule has 0 bridgehead atoms. The first-order chi connectivity index (χ1) is 15.0. The molecule has 0 N–H and O–H groups in total. The smallest absolute Gasteiger partial charge is 0.284 e. The van der Waals surface area contributed by atoms with Gasteiger partial charge in [0.05, 0.1) is 4.90 Å². The Morgan fingerprint density at radius 2 is 1.39 bits per heavy atom. The molecular weight excluding hydrogens is 413 g/mol. The minimum absolute atomic E-state index is 0.0231. The minimum atomic E-state index is -3.97. The van der Waals surface area contributed by atoms with Gasteiger partial charge in [0.15, 0.2) is 0 Å². The second kappa shape index (κ2) is 9.41. The standard InChI is InChI=1S/C24H24FN3O2S/c25-22-11-13-23(14-12-22)31(29,30)26-24(21-9-5-2-6-10-21)28-17-15-27(16-18-28)19-20-7-3-1-4-8-20/h1-14H,15-19H2/b26-24-. The van der Waals surface area contributed by atoms with Crippen molar-refractivity contribution < 1.29 is 12.8 Å². The van der Waals surface area contributed by atoms with Crippen LogP contribution in [0.3, 0.4) is 0 Å². The second-order valence-electron chi connectivity index (χ2n) is 7.46. The summed E-state index contributed by atoms with van der Waals surface area (Å²) in [5.74, 6) is -0.0648. The largest absolute Gasteiger partial charge is 0.353 e. The van der Waals surface area contributed by atoms with Crippen LogP contribution in [0.2, 0.25) is 0 Å². The second-order valence-corrected chi connectivity index (χ2v) is 9.06. The van der Waals surface area contributed by atoms with E-state index in [1.165, 1.54) is 17.7 Å². The van der Waals surface area contributed by atoms with Gasteiger partial charge in [-0.05, 0) is 29.8 Å². The van der Waals surface area contributed by atoms with Crippen molar-refractivity contribution in [1.82, 2.24) is 9.80 Å². The van der Waals surface area contributed by atoms with Gasteiger partial charge in [0.2, 0.25) is 0 Å². The summed E-state index contributed by atoms with van der Waals surface area (Å²) in [7, 11) is -3.97. The van der Waals surface area contributed by atoms with E-state index >= 15 is 0 Å².